The summed E-state index contributed by atoms with van der Waals surface area (Å²) in [5.41, 5.74) is 2.38. The van der Waals surface area contributed by atoms with Gasteiger partial charge in [0.25, 0.3) is 10.0 Å². The molecule has 7 nitrogen and oxygen atoms in total. The van der Waals surface area contributed by atoms with Gasteiger partial charge in [-0.15, -0.1) is 4.40 Å². The molecule has 0 saturated heterocycles. The summed E-state index contributed by atoms with van der Waals surface area (Å²) in [6.07, 6.45) is 0. The molecule has 0 unspecified atom stereocenters. The van der Waals surface area contributed by atoms with E-state index in [2.05, 4.69) is 4.40 Å². The van der Waals surface area contributed by atoms with E-state index in [-0.39, 0.29) is 16.6 Å². The molecule has 152 valence electrons. The highest BCUT2D eigenvalue weighted by molar-refractivity contribution is 8.15. The standard InChI is InChI=1S/C20H21N3O4S2/c1-3-22-15-6-4-5-7-18(15)29(25,26)21-20(22)28-13-19(24)23-10-11-27-17-9-8-14(2)12-16(17)23/h4-9,12H,3,10-11,13H2,1-2H3. The molecule has 0 aromatic heterocycles. The van der Waals surface area contributed by atoms with Crippen LogP contribution >= 0.6 is 11.8 Å². The maximum Gasteiger partial charge on any atom is 0.286 e. The molecule has 4 rings (SSSR count). The first-order valence-electron chi connectivity index (χ1n) is 9.29. The van der Waals surface area contributed by atoms with Crippen molar-refractivity contribution in [1.29, 1.82) is 0 Å². The van der Waals surface area contributed by atoms with Crippen molar-refractivity contribution in [1.82, 2.24) is 0 Å². The Bertz CT molecular complexity index is 1100. The average Bonchev–Trinajstić information content (AvgIpc) is 2.71. The molecule has 0 spiro atoms. The van der Waals surface area contributed by atoms with Gasteiger partial charge < -0.3 is 14.5 Å². The van der Waals surface area contributed by atoms with Crippen molar-refractivity contribution in [2.75, 3.05) is 35.2 Å². The van der Waals surface area contributed by atoms with Crippen molar-refractivity contribution in [3.8, 4) is 5.75 Å². The third-order valence-electron chi connectivity index (χ3n) is 4.78. The van der Waals surface area contributed by atoms with Gasteiger partial charge in [-0.2, -0.15) is 8.42 Å². The number of carbonyl (C=O) groups excluding carboxylic acids is 1. The number of hydrogen-bond donors (Lipinski definition) is 0. The zero-order chi connectivity index (χ0) is 20.6. The third kappa shape index (κ3) is 3.72. The van der Waals surface area contributed by atoms with Crippen LogP contribution in [0.4, 0.5) is 11.4 Å². The van der Waals surface area contributed by atoms with Crippen LogP contribution in [0.25, 0.3) is 0 Å². The van der Waals surface area contributed by atoms with Crippen LogP contribution in [0.1, 0.15) is 12.5 Å². The number of sulfonamides is 1. The molecule has 0 aliphatic carbocycles. The van der Waals surface area contributed by atoms with Gasteiger partial charge >= 0.3 is 0 Å². The number of para-hydroxylation sites is 1. The fraction of sp³-hybridized carbons (Fsp3) is 0.300. The summed E-state index contributed by atoms with van der Waals surface area (Å²) in [4.78, 5) is 16.7. The molecular weight excluding hydrogens is 410 g/mol. The zero-order valence-electron chi connectivity index (χ0n) is 16.2. The third-order valence-corrected chi connectivity index (χ3v) is 7.17. The number of thioether (sulfide) groups is 1. The number of anilines is 2. The molecule has 0 N–H and O–H groups in total. The van der Waals surface area contributed by atoms with Crippen molar-refractivity contribution in [3.63, 3.8) is 0 Å². The van der Waals surface area contributed by atoms with Crippen LogP contribution < -0.4 is 14.5 Å². The Morgan fingerprint density at radius 2 is 2.00 bits per heavy atom. The predicted octanol–water partition coefficient (Wildman–Crippen LogP) is 3.04. The molecule has 2 aliphatic rings. The Balaban J connectivity index is 1.56. The summed E-state index contributed by atoms with van der Waals surface area (Å²) in [5, 5.41) is 0.317. The van der Waals surface area contributed by atoms with E-state index in [0.29, 0.717) is 36.3 Å². The molecule has 29 heavy (non-hydrogen) atoms. The highest BCUT2D eigenvalue weighted by Gasteiger charge is 2.31. The molecular formula is C20H21N3O4S2. The predicted molar refractivity (Wildman–Crippen MR) is 116 cm³/mol. The molecule has 0 saturated carbocycles. The van der Waals surface area contributed by atoms with E-state index in [1.165, 1.54) is 0 Å². The van der Waals surface area contributed by atoms with E-state index in [4.69, 9.17) is 4.74 Å². The fourth-order valence-electron chi connectivity index (χ4n) is 3.40. The Morgan fingerprint density at radius 3 is 2.79 bits per heavy atom. The first-order chi connectivity index (χ1) is 13.9. The molecule has 1 amide bonds. The molecule has 2 aromatic rings. The zero-order valence-corrected chi connectivity index (χ0v) is 17.8. The minimum absolute atomic E-state index is 0.0837. The molecule has 0 bridgehead atoms. The largest absolute Gasteiger partial charge is 0.490 e. The van der Waals surface area contributed by atoms with Gasteiger partial charge in [0.15, 0.2) is 5.17 Å². The minimum Gasteiger partial charge on any atom is -0.490 e. The number of aryl methyl sites for hydroxylation is 1. The highest BCUT2D eigenvalue weighted by atomic mass is 32.2. The van der Waals surface area contributed by atoms with Crippen LogP contribution in [0.5, 0.6) is 5.75 Å². The minimum atomic E-state index is -3.78. The van der Waals surface area contributed by atoms with E-state index in [1.54, 1.807) is 29.2 Å². The fourth-order valence-corrected chi connectivity index (χ4v) is 5.80. The van der Waals surface area contributed by atoms with Crippen molar-refractivity contribution in [2.24, 2.45) is 4.40 Å². The molecule has 2 aliphatic heterocycles. The number of nitrogens with zero attached hydrogens (tertiary/aromatic N) is 3. The first kappa shape index (κ1) is 19.8. The van der Waals surface area contributed by atoms with E-state index in [9.17, 15) is 13.2 Å². The van der Waals surface area contributed by atoms with Gasteiger partial charge in [0.2, 0.25) is 5.91 Å². The van der Waals surface area contributed by atoms with E-state index in [0.717, 1.165) is 23.0 Å². The molecule has 0 fully saturated rings. The summed E-state index contributed by atoms with van der Waals surface area (Å²) in [7, 11) is -3.78. The van der Waals surface area contributed by atoms with Gasteiger partial charge in [0.1, 0.15) is 17.3 Å². The molecule has 0 atom stereocenters. The van der Waals surface area contributed by atoms with Crippen LogP contribution in [-0.2, 0) is 14.8 Å². The smallest absolute Gasteiger partial charge is 0.286 e. The SMILES string of the molecule is CCN1C(SCC(=O)N2CCOc3ccc(C)cc32)=NS(=O)(=O)c2ccccc21. The van der Waals surface area contributed by atoms with Crippen LogP contribution in [0.15, 0.2) is 51.8 Å². The topological polar surface area (TPSA) is 79.3 Å². The second kappa shape index (κ2) is 7.72. The Hall–Kier alpha value is -2.52. The van der Waals surface area contributed by atoms with Gasteiger partial charge in [-0.1, -0.05) is 30.0 Å². The molecule has 0 radical (unpaired) electrons. The van der Waals surface area contributed by atoms with Gasteiger partial charge in [-0.05, 0) is 43.7 Å². The van der Waals surface area contributed by atoms with E-state index in [1.807, 2.05) is 36.9 Å². The normalized spacial score (nSPS) is 17.1. The lowest BCUT2D eigenvalue weighted by Gasteiger charge is -2.31. The number of hydrogen-bond acceptors (Lipinski definition) is 6. The van der Waals surface area contributed by atoms with Crippen molar-refractivity contribution < 1.29 is 17.9 Å². The monoisotopic (exact) mass is 431 g/mol. The number of rotatable bonds is 3. The van der Waals surface area contributed by atoms with Crippen molar-refractivity contribution >= 4 is 44.2 Å². The van der Waals surface area contributed by atoms with E-state index >= 15 is 0 Å². The lowest BCUT2D eigenvalue weighted by atomic mass is 10.1. The summed E-state index contributed by atoms with van der Waals surface area (Å²) in [5.74, 6) is 0.655. The maximum atomic E-state index is 12.9. The number of fused-ring (bicyclic) bond motifs is 2. The van der Waals surface area contributed by atoms with Gasteiger partial charge in [0, 0.05) is 6.54 Å². The van der Waals surface area contributed by atoms with Crippen LogP contribution in [0, 0.1) is 6.92 Å². The quantitative estimate of drug-likeness (QED) is 0.743. The Labute approximate surface area is 174 Å². The average molecular weight is 432 g/mol. The number of amidine groups is 1. The molecule has 2 heterocycles. The van der Waals surface area contributed by atoms with Crippen LogP contribution in [0.3, 0.4) is 0 Å². The molecule has 9 heteroatoms. The van der Waals surface area contributed by atoms with Crippen molar-refractivity contribution in [3.05, 3.63) is 48.0 Å². The highest BCUT2D eigenvalue weighted by Crippen LogP contribution is 2.35. The van der Waals surface area contributed by atoms with Gasteiger partial charge in [0.05, 0.1) is 23.7 Å². The lowest BCUT2D eigenvalue weighted by molar-refractivity contribution is -0.116. The summed E-state index contributed by atoms with van der Waals surface area (Å²) >= 11 is 1.14. The second-order valence-electron chi connectivity index (χ2n) is 6.71. The first-order valence-corrected chi connectivity index (χ1v) is 11.7. The molecule has 2 aromatic carbocycles. The summed E-state index contributed by atoms with van der Waals surface area (Å²) < 4.78 is 34.7. The number of carbonyl (C=O) groups is 1. The Kier molecular flexibility index (Phi) is 5.26. The lowest BCUT2D eigenvalue weighted by Crippen LogP contribution is -2.40. The van der Waals surface area contributed by atoms with E-state index < -0.39 is 10.0 Å². The second-order valence-corrected chi connectivity index (χ2v) is 9.23. The summed E-state index contributed by atoms with van der Waals surface area (Å²) in [6.45, 7) is 5.32. The van der Waals surface area contributed by atoms with Crippen molar-refractivity contribution in [2.45, 2.75) is 18.7 Å². The number of ether oxygens (including phenoxy) is 1. The summed E-state index contributed by atoms with van der Waals surface area (Å²) in [6, 6.07) is 12.5. The van der Waals surface area contributed by atoms with Crippen LogP contribution in [0.2, 0.25) is 0 Å². The van der Waals surface area contributed by atoms with Gasteiger partial charge in [-0.3, -0.25) is 4.79 Å². The number of benzene rings is 2. The maximum absolute atomic E-state index is 12.9. The number of amides is 1. The van der Waals surface area contributed by atoms with Crippen LogP contribution in [-0.4, -0.2) is 44.9 Å². The van der Waals surface area contributed by atoms with Gasteiger partial charge in [-0.25, -0.2) is 0 Å². The Morgan fingerprint density at radius 1 is 1.21 bits per heavy atom.